The van der Waals surface area contributed by atoms with Crippen LogP contribution in [0.1, 0.15) is 6.42 Å². The van der Waals surface area contributed by atoms with Crippen LogP contribution in [0.4, 0.5) is 26.3 Å². The largest absolute Gasteiger partial charge is 0.468 e. The number of hydrazone groups is 1. The third-order valence-corrected chi connectivity index (χ3v) is 2.04. The van der Waals surface area contributed by atoms with Gasteiger partial charge < -0.3 is 4.74 Å². The van der Waals surface area contributed by atoms with Crippen LogP contribution >= 0.6 is 0 Å². The van der Waals surface area contributed by atoms with Crippen LogP contribution in [0.3, 0.4) is 0 Å². The number of halogens is 6. The highest BCUT2D eigenvalue weighted by Crippen LogP contribution is 2.29. The van der Waals surface area contributed by atoms with Gasteiger partial charge >= 0.3 is 12.4 Å². The smallest absolute Gasteiger partial charge is 0.431 e. The predicted molar refractivity (Wildman–Crippen MR) is 51.0 cm³/mol. The molecule has 108 valence electrons. The first-order chi connectivity index (χ1) is 8.54. The molecule has 0 aromatic rings. The second kappa shape index (κ2) is 5.10. The summed E-state index contributed by atoms with van der Waals surface area (Å²) in [5.41, 5.74) is -1.83. The average molecular weight is 290 g/mol. The van der Waals surface area contributed by atoms with Gasteiger partial charge in [0.2, 0.25) is 5.88 Å². The van der Waals surface area contributed by atoms with E-state index in [0.29, 0.717) is 5.01 Å². The first-order valence-corrected chi connectivity index (χ1v) is 4.81. The van der Waals surface area contributed by atoms with Gasteiger partial charge in [-0.05, 0) is 0 Å². The molecule has 0 unspecified atom stereocenters. The first-order valence-electron chi connectivity index (χ1n) is 4.81. The molecule has 4 nitrogen and oxygen atoms in total. The van der Waals surface area contributed by atoms with Gasteiger partial charge in [-0.15, -0.1) is 0 Å². The Labute approximate surface area is 103 Å². The zero-order valence-corrected chi connectivity index (χ0v) is 9.47. The topological polar surface area (TPSA) is 41.9 Å². The fraction of sp³-hybridized carbons (Fsp3) is 0.556. The molecule has 0 aromatic carbocycles. The molecule has 0 amide bonds. The Hall–Kier alpha value is -1.74. The van der Waals surface area contributed by atoms with E-state index in [1.54, 1.807) is 0 Å². The average Bonchev–Trinajstić information content (AvgIpc) is 2.23. The van der Waals surface area contributed by atoms with Crippen LogP contribution < -0.4 is 0 Å². The lowest BCUT2D eigenvalue weighted by molar-refractivity contribution is -0.170. The molecule has 0 saturated heterocycles. The number of rotatable bonds is 3. The molecule has 0 aliphatic carbocycles. The van der Waals surface area contributed by atoms with Crippen molar-refractivity contribution in [2.24, 2.45) is 5.10 Å². The van der Waals surface area contributed by atoms with Crippen LogP contribution in [0.5, 0.6) is 0 Å². The van der Waals surface area contributed by atoms with Gasteiger partial charge in [0.15, 0.2) is 12.9 Å². The van der Waals surface area contributed by atoms with E-state index < -0.39 is 42.5 Å². The molecule has 0 saturated carbocycles. The van der Waals surface area contributed by atoms with Crippen molar-refractivity contribution in [3.05, 3.63) is 11.5 Å². The van der Waals surface area contributed by atoms with E-state index in [2.05, 4.69) is 9.84 Å². The molecule has 19 heavy (non-hydrogen) atoms. The van der Waals surface area contributed by atoms with E-state index in [1.165, 1.54) is 0 Å². The lowest BCUT2D eigenvalue weighted by atomic mass is 10.1. The van der Waals surface area contributed by atoms with E-state index in [1.807, 2.05) is 0 Å². The van der Waals surface area contributed by atoms with Gasteiger partial charge in [0.25, 0.3) is 0 Å². The van der Waals surface area contributed by atoms with Crippen molar-refractivity contribution in [2.45, 2.75) is 18.8 Å². The maximum absolute atomic E-state index is 12.4. The quantitative estimate of drug-likeness (QED) is 0.591. The zero-order chi connectivity index (χ0) is 14.8. The molecular formula is C9H8F6N2O2. The fourth-order valence-electron chi connectivity index (χ4n) is 1.31. The summed E-state index contributed by atoms with van der Waals surface area (Å²) < 4.78 is 77.4. The number of aldehydes is 1. The van der Waals surface area contributed by atoms with E-state index in [4.69, 9.17) is 0 Å². The molecule has 0 spiro atoms. The standard InChI is InChI=1S/C9H8F6N2O2/c1-17-7(19-4-8(10,11)12)5(3-18)2-6(16-17)9(13,14)15/h3H,2,4H2,1H3. The Balaban J connectivity index is 2.92. The highest BCUT2D eigenvalue weighted by atomic mass is 19.4. The molecule has 0 fully saturated rings. The number of ether oxygens (including phenoxy) is 1. The SMILES string of the molecule is CN1N=C(C(F)(F)F)CC(C=O)=C1OCC(F)(F)F. The van der Waals surface area contributed by atoms with Crippen LogP contribution in [0, 0.1) is 0 Å². The third kappa shape index (κ3) is 4.14. The summed E-state index contributed by atoms with van der Waals surface area (Å²) in [6.45, 7) is -1.72. The van der Waals surface area contributed by atoms with Crippen molar-refractivity contribution >= 4 is 12.0 Å². The number of hydrogen-bond donors (Lipinski definition) is 0. The van der Waals surface area contributed by atoms with E-state index in [0.717, 1.165) is 7.05 Å². The molecule has 0 N–H and O–H groups in total. The lowest BCUT2D eigenvalue weighted by Gasteiger charge is -2.26. The molecular weight excluding hydrogens is 282 g/mol. The van der Waals surface area contributed by atoms with Gasteiger partial charge in [-0.25, -0.2) is 5.01 Å². The fourth-order valence-corrected chi connectivity index (χ4v) is 1.31. The molecule has 0 bridgehead atoms. The lowest BCUT2D eigenvalue weighted by Crippen LogP contribution is -2.33. The summed E-state index contributed by atoms with van der Waals surface area (Å²) >= 11 is 0. The van der Waals surface area contributed by atoms with E-state index in [9.17, 15) is 31.1 Å². The Morgan fingerprint density at radius 2 is 1.89 bits per heavy atom. The van der Waals surface area contributed by atoms with Gasteiger partial charge in [-0.3, -0.25) is 4.79 Å². The molecule has 1 aliphatic heterocycles. The van der Waals surface area contributed by atoms with Gasteiger partial charge in [-0.2, -0.15) is 31.4 Å². The van der Waals surface area contributed by atoms with Crippen molar-refractivity contribution in [3.8, 4) is 0 Å². The van der Waals surface area contributed by atoms with E-state index in [-0.39, 0.29) is 6.29 Å². The third-order valence-electron chi connectivity index (χ3n) is 2.04. The number of carbonyl (C=O) groups excluding carboxylic acids is 1. The van der Waals surface area contributed by atoms with Gasteiger partial charge in [0.1, 0.15) is 5.71 Å². The normalized spacial score (nSPS) is 17.4. The summed E-state index contributed by atoms with van der Waals surface area (Å²) in [7, 11) is 0.958. The van der Waals surface area contributed by atoms with Crippen molar-refractivity contribution in [1.82, 2.24) is 5.01 Å². The maximum Gasteiger partial charge on any atom is 0.431 e. The minimum Gasteiger partial charge on any atom is -0.468 e. The van der Waals surface area contributed by atoms with Gasteiger partial charge in [0.05, 0.1) is 5.57 Å². The van der Waals surface area contributed by atoms with Crippen LogP contribution in [0.25, 0.3) is 0 Å². The van der Waals surface area contributed by atoms with Crippen molar-refractivity contribution in [1.29, 1.82) is 0 Å². The second-order valence-electron chi connectivity index (χ2n) is 3.60. The maximum atomic E-state index is 12.4. The van der Waals surface area contributed by atoms with Crippen LogP contribution in [-0.4, -0.2) is 43.0 Å². The molecule has 0 radical (unpaired) electrons. The van der Waals surface area contributed by atoms with Gasteiger partial charge in [0, 0.05) is 13.5 Å². The predicted octanol–water partition coefficient (Wildman–Crippen LogP) is 2.23. The van der Waals surface area contributed by atoms with Crippen LogP contribution in [0.15, 0.2) is 16.6 Å². The Morgan fingerprint density at radius 1 is 1.32 bits per heavy atom. The summed E-state index contributed by atoms with van der Waals surface area (Å²) in [6.07, 6.45) is -10.3. The Bertz CT molecular complexity index is 423. The van der Waals surface area contributed by atoms with Crippen molar-refractivity contribution < 1.29 is 35.9 Å². The summed E-state index contributed by atoms with van der Waals surface area (Å²) in [4.78, 5) is 10.6. The first kappa shape index (κ1) is 15.3. The minimum absolute atomic E-state index is 0.0165. The van der Waals surface area contributed by atoms with E-state index >= 15 is 0 Å². The molecule has 0 aromatic heterocycles. The molecule has 1 aliphatic rings. The second-order valence-corrected chi connectivity index (χ2v) is 3.60. The Kier molecular flexibility index (Phi) is 4.11. The molecule has 10 heteroatoms. The highest BCUT2D eigenvalue weighted by Gasteiger charge is 2.40. The van der Waals surface area contributed by atoms with Crippen LogP contribution in [0.2, 0.25) is 0 Å². The number of alkyl halides is 6. The molecule has 1 rings (SSSR count). The number of nitrogens with zero attached hydrogens (tertiary/aromatic N) is 2. The van der Waals surface area contributed by atoms with Crippen molar-refractivity contribution in [3.63, 3.8) is 0 Å². The minimum atomic E-state index is -4.77. The molecule has 1 heterocycles. The summed E-state index contributed by atoms with van der Waals surface area (Å²) in [6, 6.07) is 0. The summed E-state index contributed by atoms with van der Waals surface area (Å²) in [5.74, 6) is -0.639. The number of allylic oxidation sites excluding steroid dienone is 1. The highest BCUT2D eigenvalue weighted by molar-refractivity contribution is 5.97. The Morgan fingerprint density at radius 3 is 2.32 bits per heavy atom. The summed E-state index contributed by atoms with van der Waals surface area (Å²) in [5, 5.41) is 3.51. The monoisotopic (exact) mass is 290 g/mol. The van der Waals surface area contributed by atoms with Gasteiger partial charge in [-0.1, -0.05) is 0 Å². The zero-order valence-electron chi connectivity index (χ0n) is 9.47. The van der Waals surface area contributed by atoms with Crippen molar-refractivity contribution in [2.75, 3.05) is 13.7 Å². The molecule has 0 atom stereocenters. The number of hydrogen-bond acceptors (Lipinski definition) is 4. The number of carbonyl (C=O) groups is 1. The van der Waals surface area contributed by atoms with Crippen LogP contribution in [-0.2, 0) is 9.53 Å².